The van der Waals surface area contributed by atoms with E-state index < -0.39 is 52.9 Å². The molecule has 0 unspecified atom stereocenters. The number of nitrogens with zero attached hydrogens (tertiary/aromatic N) is 1. The van der Waals surface area contributed by atoms with Crippen molar-refractivity contribution in [1.82, 2.24) is 4.57 Å². The highest BCUT2D eigenvalue weighted by Gasteiger charge is 2.32. The maximum absolute atomic E-state index is 14.1. The number of rotatable bonds is 6. The molecule has 0 fully saturated rings. The van der Waals surface area contributed by atoms with Crippen molar-refractivity contribution in [2.45, 2.75) is 19.7 Å². The molecule has 4 aromatic rings. The van der Waals surface area contributed by atoms with Gasteiger partial charge in [-0.2, -0.15) is 13.2 Å². The first-order chi connectivity index (χ1) is 17.3. The molecule has 1 aromatic heterocycles. The monoisotopic (exact) mass is 583 g/mol. The Balaban J connectivity index is 1.83. The zero-order valence-electron chi connectivity index (χ0n) is 18.8. The highest BCUT2D eigenvalue weighted by molar-refractivity contribution is 9.10. The van der Waals surface area contributed by atoms with Gasteiger partial charge in [-0.15, -0.1) is 0 Å². The van der Waals surface area contributed by atoms with Crippen LogP contribution in [-0.2, 0) is 12.8 Å². The number of hydrogen-bond donors (Lipinski definition) is 1. The van der Waals surface area contributed by atoms with Crippen LogP contribution in [-0.4, -0.2) is 15.6 Å². The predicted molar refractivity (Wildman–Crippen MR) is 126 cm³/mol. The van der Waals surface area contributed by atoms with Crippen molar-refractivity contribution in [3.8, 4) is 22.7 Å². The molecule has 0 aliphatic heterocycles. The standard InChI is InChI=1S/C26H16BrF6NO3/c1-13-2-4-23(34(13)18-7-14(25(35)36)6-15(8-18)26(31,32)33)19-9-16(27)3-5-24(19)37-12-20-21(29)10-17(28)11-22(20)30/h2-11H,12H2,1H3,(H,35,36). The zero-order chi connectivity index (χ0) is 27.1. The van der Waals surface area contributed by atoms with Crippen LogP contribution in [0.5, 0.6) is 5.75 Å². The molecule has 37 heavy (non-hydrogen) atoms. The lowest BCUT2D eigenvalue weighted by atomic mass is 10.1. The summed E-state index contributed by atoms with van der Waals surface area (Å²) < 4.78 is 89.7. The Labute approximate surface area is 214 Å². The Bertz CT molecular complexity index is 1490. The Morgan fingerprint density at radius 2 is 1.65 bits per heavy atom. The summed E-state index contributed by atoms with van der Waals surface area (Å²) in [6.07, 6.45) is -4.80. The number of hydrogen-bond acceptors (Lipinski definition) is 2. The van der Waals surface area contributed by atoms with Gasteiger partial charge in [-0.05, 0) is 55.5 Å². The van der Waals surface area contributed by atoms with Crippen LogP contribution in [0.1, 0.15) is 27.2 Å². The molecule has 0 aliphatic rings. The fourth-order valence-corrected chi connectivity index (χ4v) is 4.17. The number of carbonyl (C=O) groups is 1. The van der Waals surface area contributed by atoms with E-state index in [9.17, 15) is 36.2 Å². The first-order valence-electron chi connectivity index (χ1n) is 10.6. The fourth-order valence-electron chi connectivity index (χ4n) is 3.81. The number of carboxylic acids is 1. The van der Waals surface area contributed by atoms with Crippen LogP contribution in [0.25, 0.3) is 16.9 Å². The van der Waals surface area contributed by atoms with Crippen LogP contribution in [0.3, 0.4) is 0 Å². The topological polar surface area (TPSA) is 51.5 Å². The third kappa shape index (κ3) is 5.51. The summed E-state index contributed by atoms with van der Waals surface area (Å²) in [6.45, 7) is 1.02. The Morgan fingerprint density at radius 1 is 0.973 bits per heavy atom. The predicted octanol–water partition coefficient (Wildman–Crippen LogP) is 7.93. The Hall–Kier alpha value is -3.73. The summed E-state index contributed by atoms with van der Waals surface area (Å²) in [4.78, 5) is 11.5. The molecule has 1 N–H and O–H groups in total. The van der Waals surface area contributed by atoms with Gasteiger partial charge in [0.2, 0.25) is 0 Å². The van der Waals surface area contributed by atoms with Gasteiger partial charge < -0.3 is 14.4 Å². The smallest absolute Gasteiger partial charge is 0.416 e. The van der Waals surface area contributed by atoms with Gasteiger partial charge in [0, 0.05) is 33.6 Å². The van der Waals surface area contributed by atoms with Crippen molar-refractivity contribution < 1.29 is 41.0 Å². The van der Waals surface area contributed by atoms with Gasteiger partial charge in [-0.3, -0.25) is 0 Å². The van der Waals surface area contributed by atoms with Crippen LogP contribution in [0, 0.1) is 24.4 Å². The lowest BCUT2D eigenvalue weighted by molar-refractivity contribution is -0.137. The second kappa shape index (κ2) is 9.97. The first-order valence-corrected chi connectivity index (χ1v) is 11.3. The number of halogens is 7. The van der Waals surface area contributed by atoms with Crippen molar-refractivity contribution >= 4 is 21.9 Å². The Kier molecular flexibility index (Phi) is 7.09. The molecule has 0 spiro atoms. The van der Waals surface area contributed by atoms with E-state index in [-0.39, 0.29) is 11.4 Å². The molecule has 0 aliphatic carbocycles. The van der Waals surface area contributed by atoms with E-state index in [2.05, 4.69) is 15.9 Å². The zero-order valence-corrected chi connectivity index (χ0v) is 20.4. The maximum Gasteiger partial charge on any atom is 0.416 e. The fraction of sp³-hybridized carbons (Fsp3) is 0.115. The summed E-state index contributed by atoms with van der Waals surface area (Å²) in [5.41, 5.74) is -1.14. The van der Waals surface area contributed by atoms with Gasteiger partial charge in [0.25, 0.3) is 0 Å². The molecule has 192 valence electrons. The summed E-state index contributed by atoms with van der Waals surface area (Å²) in [5.74, 6) is -4.77. The number of benzene rings is 3. The van der Waals surface area contributed by atoms with Gasteiger partial charge in [0.15, 0.2) is 0 Å². The molecule has 4 rings (SSSR count). The molecular weight excluding hydrogens is 568 g/mol. The number of carboxylic acid groups (broad SMARTS) is 1. The summed E-state index contributed by atoms with van der Waals surface area (Å²) in [7, 11) is 0. The second-order valence-electron chi connectivity index (χ2n) is 8.04. The molecule has 11 heteroatoms. The van der Waals surface area contributed by atoms with E-state index in [1.165, 1.54) is 10.6 Å². The van der Waals surface area contributed by atoms with E-state index in [4.69, 9.17) is 4.74 Å². The largest absolute Gasteiger partial charge is 0.488 e. The summed E-state index contributed by atoms with van der Waals surface area (Å²) in [5, 5.41) is 9.39. The number of aromatic nitrogens is 1. The molecule has 0 bridgehead atoms. The molecule has 0 saturated heterocycles. The van der Waals surface area contributed by atoms with Gasteiger partial charge in [0.05, 0.1) is 22.4 Å². The van der Waals surface area contributed by atoms with Crippen LogP contribution < -0.4 is 4.74 Å². The van der Waals surface area contributed by atoms with Gasteiger partial charge in [-0.1, -0.05) is 15.9 Å². The van der Waals surface area contributed by atoms with Crippen molar-refractivity contribution in [2.75, 3.05) is 0 Å². The molecule has 0 saturated carbocycles. The van der Waals surface area contributed by atoms with Gasteiger partial charge >= 0.3 is 12.1 Å². The minimum absolute atomic E-state index is 0.0636. The molecule has 0 amide bonds. The summed E-state index contributed by atoms with van der Waals surface area (Å²) in [6, 6.07) is 11.4. The van der Waals surface area contributed by atoms with Crippen molar-refractivity contribution in [3.05, 3.63) is 105 Å². The van der Waals surface area contributed by atoms with E-state index in [1.54, 1.807) is 31.2 Å². The van der Waals surface area contributed by atoms with E-state index in [0.29, 0.717) is 39.6 Å². The highest BCUT2D eigenvalue weighted by atomic mass is 79.9. The van der Waals surface area contributed by atoms with Crippen molar-refractivity contribution in [1.29, 1.82) is 0 Å². The average molecular weight is 584 g/mol. The Morgan fingerprint density at radius 3 is 2.27 bits per heavy atom. The first kappa shape index (κ1) is 26.3. The lowest BCUT2D eigenvalue weighted by Gasteiger charge is -2.18. The molecular formula is C26H16BrF6NO3. The van der Waals surface area contributed by atoms with E-state index in [1.807, 2.05) is 0 Å². The van der Waals surface area contributed by atoms with Crippen LogP contribution >= 0.6 is 15.9 Å². The van der Waals surface area contributed by atoms with Gasteiger partial charge in [0.1, 0.15) is 29.8 Å². The highest BCUT2D eigenvalue weighted by Crippen LogP contribution is 2.38. The quantitative estimate of drug-likeness (QED) is 0.234. The SMILES string of the molecule is Cc1ccc(-c2cc(Br)ccc2OCc2c(F)cc(F)cc2F)n1-c1cc(C(=O)O)cc(C(F)(F)F)c1. The van der Waals surface area contributed by atoms with Crippen LogP contribution in [0.2, 0.25) is 0 Å². The average Bonchev–Trinajstić information content (AvgIpc) is 3.19. The molecule has 3 aromatic carbocycles. The summed E-state index contributed by atoms with van der Waals surface area (Å²) >= 11 is 3.32. The van der Waals surface area contributed by atoms with E-state index in [0.717, 1.165) is 12.1 Å². The maximum atomic E-state index is 14.1. The minimum atomic E-state index is -4.80. The van der Waals surface area contributed by atoms with Crippen molar-refractivity contribution in [3.63, 3.8) is 0 Å². The third-order valence-electron chi connectivity index (χ3n) is 5.52. The minimum Gasteiger partial charge on any atom is -0.488 e. The molecule has 4 nitrogen and oxygen atoms in total. The van der Waals surface area contributed by atoms with Crippen molar-refractivity contribution in [2.24, 2.45) is 0 Å². The number of aryl methyl sites for hydroxylation is 1. The number of ether oxygens (including phenoxy) is 1. The lowest BCUT2D eigenvalue weighted by Crippen LogP contribution is -2.11. The van der Waals surface area contributed by atoms with Gasteiger partial charge in [-0.25, -0.2) is 18.0 Å². The molecule has 0 atom stereocenters. The van der Waals surface area contributed by atoms with Crippen LogP contribution in [0.15, 0.2) is 65.1 Å². The number of aromatic carboxylic acids is 1. The molecule has 0 radical (unpaired) electrons. The van der Waals surface area contributed by atoms with E-state index >= 15 is 0 Å². The number of alkyl halides is 3. The normalized spacial score (nSPS) is 11.6. The molecule has 1 heterocycles. The second-order valence-corrected chi connectivity index (χ2v) is 8.96. The van der Waals surface area contributed by atoms with Crippen LogP contribution in [0.4, 0.5) is 26.3 Å². The third-order valence-corrected chi connectivity index (χ3v) is 6.01.